The van der Waals surface area contributed by atoms with Crippen LogP contribution < -0.4 is 10.1 Å². The Balaban J connectivity index is 1.57. The van der Waals surface area contributed by atoms with E-state index in [-0.39, 0.29) is 34.5 Å². The molecule has 1 aliphatic heterocycles. The van der Waals surface area contributed by atoms with Crippen LogP contribution in [0.1, 0.15) is 44.2 Å². The minimum atomic E-state index is -4.86. The second-order valence-corrected chi connectivity index (χ2v) is 10.6. The summed E-state index contributed by atoms with van der Waals surface area (Å²) in [5.41, 5.74) is 0.130. The molecule has 2 heterocycles. The number of fused-ring (bicyclic) bond motifs is 1. The van der Waals surface area contributed by atoms with E-state index in [1.165, 1.54) is 30.2 Å². The predicted octanol–water partition coefficient (Wildman–Crippen LogP) is 7.63. The zero-order valence-corrected chi connectivity index (χ0v) is 22.8. The second kappa shape index (κ2) is 11.1. The third-order valence-corrected chi connectivity index (χ3v) is 7.94. The first-order valence-electron chi connectivity index (χ1n) is 12.1. The second-order valence-electron chi connectivity index (χ2n) is 9.30. The van der Waals surface area contributed by atoms with Crippen LogP contribution in [0, 0.1) is 11.6 Å². The summed E-state index contributed by atoms with van der Waals surface area (Å²) in [5.74, 6) is -2.48. The quantitative estimate of drug-likeness (QED) is 0.230. The van der Waals surface area contributed by atoms with E-state index in [1.807, 2.05) is 0 Å². The van der Waals surface area contributed by atoms with Gasteiger partial charge in [0.05, 0.1) is 25.1 Å². The van der Waals surface area contributed by atoms with E-state index in [4.69, 9.17) is 16.3 Å². The molecule has 2 amide bonds. The van der Waals surface area contributed by atoms with Crippen molar-refractivity contribution in [2.75, 3.05) is 12.4 Å². The van der Waals surface area contributed by atoms with Crippen LogP contribution in [0.2, 0.25) is 5.02 Å². The summed E-state index contributed by atoms with van der Waals surface area (Å²) in [4.78, 5) is 28.0. The van der Waals surface area contributed by atoms with Crippen molar-refractivity contribution in [3.63, 3.8) is 0 Å². The summed E-state index contributed by atoms with van der Waals surface area (Å²) >= 11 is 7.54. The number of carbonyl (C=O) groups is 2. The van der Waals surface area contributed by atoms with Gasteiger partial charge in [-0.3, -0.25) is 9.59 Å². The van der Waals surface area contributed by atoms with Gasteiger partial charge >= 0.3 is 6.18 Å². The van der Waals surface area contributed by atoms with E-state index in [2.05, 4.69) is 5.32 Å². The van der Waals surface area contributed by atoms with Crippen LogP contribution in [0.5, 0.6) is 5.75 Å². The molecule has 0 radical (unpaired) electrons. The van der Waals surface area contributed by atoms with Gasteiger partial charge in [0.2, 0.25) is 5.91 Å². The zero-order valence-electron chi connectivity index (χ0n) is 21.2. The van der Waals surface area contributed by atoms with Gasteiger partial charge < -0.3 is 15.0 Å². The standard InChI is InChI=1S/C29H20ClF5N2O3S/c1-40-21-5-2-15(3-6-21)13-37-24(38)10-17-14-41-28(25(17)26(37)22-12-19(31)4-7-23(22)30)36-27(39)16-8-18(29(33,34)35)11-20(32)9-16/h2-9,11-12,14,26H,10,13H2,1H3,(H,36,39). The minimum Gasteiger partial charge on any atom is -0.497 e. The molecular weight excluding hydrogens is 587 g/mol. The first-order chi connectivity index (χ1) is 19.4. The van der Waals surface area contributed by atoms with Crippen LogP contribution in [0.15, 0.2) is 66.0 Å². The van der Waals surface area contributed by atoms with Gasteiger partial charge in [0.25, 0.3) is 5.91 Å². The number of ether oxygens (including phenoxy) is 1. The number of anilines is 1. The summed E-state index contributed by atoms with van der Waals surface area (Å²) in [5, 5.41) is 4.59. The third kappa shape index (κ3) is 5.91. The highest BCUT2D eigenvalue weighted by Crippen LogP contribution is 2.46. The number of thiophene rings is 1. The molecule has 3 aromatic carbocycles. The topological polar surface area (TPSA) is 58.6 Å². The maximum Gasteiger partial charge on any atom is 0.416 e. The van der Waals surface area contributed by atoms with E-state index in [0.29, 0.717) is 35.1 Å². The van der Waals surface area contributed by atoms with Crippen molar-refractivity contribution in [1.29, 1.82) is 0 Å². The number of hydrogen-bond acceptors (Lipinski definition) is 4. The number of alkyl halides is 3. The number of amides is 2. The number of carbonyl (C=O) groups excluding carboxylic acids is 2. The highest BCUT2D eigenvalue weighted by molar-refractivity contribution is 7.14. The molecule has 0 aliphatic carbocycles. The Morgan fingerprint density at radius 2 is 1.80 bits per heavy atom. The van der Waals surface area contributed by atoms with Crippen molar-refractivity contribution in [2.24, 2.45) is 0 Å². The molecule has 1 aliphatic rings. The monoisotopic (exact) mass is 606 g/mol. The SMILES string of the molecule is COc1ccc(CN2C(=O)Cc3csc(NC(=O)c4cc(F)cc(C(F)(F)F)c4)c3C2c2cc(F)ccc2Cl)cc1. The molecule has 1 unspecified atom stereocenters. The fourth-order valence-corrected chi connectivity index (χ4v) is 5.93. The van der Waals surface area contributed by atoms with E-state index in [0.717, 1.165) is 16.9 Å². The van der Waals surface area contributed by atoms with Gasteiger partial charge in [-0.15, -0.1) is 11.3 Å². The molecule has 0 saturated heterocycles. The fraction of sp³-hybridized carbons (Fsp3) is 0.172. The van der Waals surface area contributed by atoms with Crippen LogP contribution in [0.3, 0.4) is 0 Å². The Morgan fingerprint density at radius 3 is 2.49 bits per heavy atom. The van der Waals surface area contributed by atoms with Crippen molar-refractivity contribution >= 4 is 39.8 Å². The molecule has 0 spiro atoms. The number of halogens is 6. The van der Waals surface area contributed by atoms with Gasteiger partial charge in [-0.2, -0.15) is 13.2 Å². The molecule has 5 rings (SSSR count). The summed E-state index contributed by atoms with van der Waals surface area (Å²) in [7, 11) is 1.52. The van der Waals surface area contributed by atoms with Gasteiger partial charge in [-0.05, 0) is 65.0 Å². The fourth-order valence-electron chi connectivity index (χ4n) is 4.71. The Hall–Kier alpha value is -3.96. The van der Waals surface area contributed by atoms with E-state index in [1.54, 1.807) is 29.6 Å². The largest absolute Gasteiger partial charge is 0.497 e. The minimum absolute atomic E-state index is 0.0422. The van der Waals surface area contributed by atoms with Crippen molar-refractivity contribution in [3.8, 4) is 5.75 Å². The first-order valence-corrected chi connectivity index (χ1v) is 13.4. The van der Waals surface area contributed by atoms with Crippen LogP contribution in [-0.4, -0.2) is 23.8 Å². The molecular formula is C29H20ClF5N2O3S. The lowest BCUT2D eigenvalue weighted by Crippen LogP contribution is -2.40. The summed E-state index contributed by atoms with van der Waals surface area (Å²) in [6.07, 6.45) is -4.90. The smallest absolute Gasteiger partial charge is 0.416 e. The summed E-state index contributed by atoms with van der Waals surface area (Å²) in [6.45, 7) is 0.0991. The van der Waals surface area contributed by atoms with Gasteiger partial charge in [0.15, 0.2) is 0 Å². The normalized spacial score (nSPS) is 15.0. The lowest BCUT2D eigenvalue weighted by Gasteiger charge is -2.37. The molecule has 1 N–H and O–H groups in total. The summed E-state index contributed by atoms with van der Waals surface area (Å²) in [6, 6.07) is 11.3. The van der Waals surface area contributed by atoms with E-state index >= 15 is 0 Å². The molecule has 1 atom stereocenters. The molecule has 4 aromatic rings. The Kier molecular flexibility index (Phi) is 7.76. The predicted molar refractivity (Wildman–Crippen MR) is 144 cm³/mol. The van der Waals surface area contributed by atoms with Gasteiger partial charge in [0, 0.05) is 28.3 Å². The van der Waals surface area contributed by atoms with Crippen molar-refractivity contribution < 1.29 is 36.3 Å². The molecule has 5 nitrogen and oxygen atoms in total. The zero-order chi connectivity index (χ0) is 29.5. The average molecular weight is 607 g/mol. The Bertz CT molecular complexity index is 1640. The maximum atomic E-state index is 14.5. The molecule has 212 valence electrons. The van der Waals surface area contributed by atoms with Gasteiger partial charge in [-0.25, -0.2) is 8.78 Å². The molecule has 0 bridgehead atoms. The molecule has 41 heavy (non-hydrogen) atoms. The maximum absolute atomic E-state index is 14.5. The lowest BCUT2D eigenvalue weighted by molar-refractivity contribution is -0.137. The van der Waals surface area contributed by atoms with Crippen molar-refractivity contribution in [3.05, 3.63) is 116 Å². The van der Waals surface area contributed by atoms with E-state index in [9.17, 15) is 31.5 Å². The number of methoxy groups -OCH3 is 1. The Labute approximate surface area is 240 Å². The average Bonchev–Trinajstić information content (AvgIpc) is 3.31. The number of rotatable bonds is 6. The van der Waals surface area contributed by atoms with Crippen LogP contribution in [0.25, 0.3) is 0 Å². The molecule has 1 aromatic heterocycles. The Morgan fingerprint density at radius 1 is 1.07 bits per heavy atom. The first kappa shape index (κ1) is 28.6. The number of hydrogen-bond donors (Lipinski definition) is 1. The lowest BCUT2D eigenvalue weighted by atomic mass is 9.89. The van der Waals surface area contributed by atoms with E-state index < -0.39 is 40.9 Å². The van der Waals surface area contributed by atoms with Crippen LogP contribution in [-0.2, 0) is 23.9 Å². The number of nitrogens with zero attached hydrogens (tertiary/aromatic N) is 1. The van der Waals surface area contributed by atoms with Crippen LogP contribution >= 0.6 is 22.9 Å². The molecule has 0 fully saturated rings. The van der Waals surface area contributed by atoms with Crippen molar-refractivity contribution in [2.45, 2.75) is 25.2 Å². The number of nitrogens with one attached hydrogen (secondary N) is 1. The highest BCUT2D eigenvalue weighted by Gasteiger charge is 2.38. The summed E-state index contributed by atoms with van der Waals surface area (Å²) < 4.78 is 73.4. The third-order valence-electron chi connectivity index (χ3n) is 6.64. The van der Waals surface area contributed by atoms with Gasteiger partial charge in [-0.1, -0.05) is 23.7 Å². The van der Waals surface area contributed by atoms with Crippen molar-refractivity contribution in [1.82, 2.24) is 4.90 Å². The van der Waals surface area contributed by atoms with Gasteiger partial charge in [0.1, 0.15) is 22.4 Å². The molecule has 12 heteroatoms. The highest BCUT2D eigenvalue weighted by atomic mass is 35.5. The van der Waals surface area contributed by atoms with Crippen LogP contribution in [0.4, 0.5) is 27.0 Å². The number of benzene rings is 3. The molecule has 0 saturated carbocycles.